The third kappa shape index (κ3) is 6.24. The molecule has 2 aromatic rings. The van der Waals surface area contributed by atoms with E-state index in [0.717, 1.165) is 5.56 Å². The number of carbonyl (C=O) groups is 2. The Hall–Kier alpha value is -2.82. The van der Waals surface area contributed by atoms with Crippen LogP contribution in [0.1, 0.15) is 36.0 Å². The van der Waals surface area contributed by atoms with E-state index in [0.29, 0.717) is 25.1 Å². The molecule has 26 heavy (non-hydrogen) atoms. The molecule has 5 nitrogen and oxygen atoms in total. The molecular formula is C21H25NO4. The third-order valence-corrected chi connectivity index (χ3v) is 4.23. The number of carboxylic acid groups (broad SMARTS) is 1. The molecule has 1 unspecified atom stereocenters. The van der Waals surface area contributed by atoms with E-state index in [1.165, 1.54) is 11.1 Å². The first kappa shape index (κ1) is 19.5. The summed E-state index contributed by atoms with van der Waals surface area (Å²) >= 11 is 0. The molecule has 2 N–H and O–H groups in total. The Labute approximate surface area is 154 Å². The monoisotopic (exact) mass is 355 g/mol. The predicted octanol–water partition coefficient (Wildman–Crippen LogP) is 3.31. The van der Waals surface area contributed by atoms with Crippen LogP contribution < -0.4 is 10.1 Å². The number of benzene rings is 2. The highest BCUT2D eigenvalue weighted by Gasteiger charge is 2.12. The standard InChI is InChI=1S/C21H25NO4/c1-15-5-3-4-6-19(15)16(2)13-20(23)22-12-11-17-7-9-18(10-8-17)26-14-21(24)25/h3-10,16H,11-14H2,1-2H3,(H,22,23)(H,24,25). The van der Waals surface area contributed by atoms with Gasteiger partial charge in [0.1, 0.15) is 5.75 Å². The van der Waals surface area contributed by atoms with E-state index >= 15 is 0 Å². The van der Waals surface area contributed by atoms with Crippen molar-refractivity contribution in [3.63, 3.8) is 0 Å². The minimum Gasteiger partial charge on any atom is -0.482 e. The summed E-state index contributed by atoms with van der Waals surface area (Å²) < 4.78 is 5.09. The molecule has 0 aliphatic rings. The number of carboxylic acids is 1. The first-order valence-corrected chi connectivity index (χ1v) is 8.71. The lowest BCUT2D eigenvalue weighted by atomic mass is 9.93. The fourth-order valence-electron chi connectivity index (χ4n) is 2.84. The Morgan fingerprint density at radius 1 is 1.12 bits per heavy atom. The average Bonchev–Trinajstić information content (AvgIpc) is 2.61. The molecule has 0 saturated carbocycles. The Morgan fingerprint density at radius 3 is 2.46 bits per heavy atom. The van der Waals surface area contributed by atoms with Crippen LogP contribution >= 0.6 is 0 Å². The zero-order chi connectivity index (χ0) is 18.9. The van der Waals surface area contributed by atoms with Gasteiger partial charge in [-0.05, 0) is 48.1 Å². The smallest absolute Gasteiger partial charge is 0.341 e. The predicted molar refractivity (Wildman–Crippen MR) is 100 cm³/mol. The summed E-state index contributed by atoms with van der Waals surface area (Å²) in [5, 5.41) is 11.5. The van der Waals surface area contributed by atoms with Crippen LogP contribution in [0.25, 0.3) is 0 Å². The van der Waals surface area contributed by atoms with Gasteiger partial charge in [-0.15, -0.1) is 0 Å². The van der Waals surface area contributed by atoms with Crippen molar-refractivity contribution in [3.8, 4) is 5.75 Å². The second-order valence-electron chi connectivity index (χ2n) is 6.39. The van der Waals surface area contributed by atoms with Crippen molar-refractivity contribution >= 4 is 11.9 Å². The van der Waals surface area contributed by atoms with Gasteiger partial charge in [-0.25, -0.2) is 4.79 Å². The first-order chi connectivity index (χ1) is 12.5. The number of aryl methyl sites for hydroxylation is 1. The summed E-state index contributed by atoms with van der Waals surface area (Å²) in [5.74, 6) is -0.256. The Bertz CT molecular complexity index is 740. The second kappa shape index (κ2) is 9.61. The van der Waals surface area contributed by atoms with Crippen LogP contribution in [-0.2, 0) is 16.0 Å². The van der Waals surface area contributed by atoms with Crippen molar-refractivity contribution in [1.29, 1.82) is 0 Å². The van der Waals surface area contributed by atoms with E-state index in [1.54, 1.807) is 12.1 Å². The molecule has 138 valence electrons. The number of ether oxygens (including phenoxy) is 1. The molecule has 2 rings (SSSR count). The molecular weight excluding hydrogens is 330 g/mol. The zero-order valence-corrected chi connectivity index (χ0v) is 15.2. The molecule has 0 heterocycles. The number of rotatable bonds is 9. The molecule has 0 fully saturated rings. The number of nitrogens with one attached hydrogen (secondary N) is 1. The fraction of sp³-hybridized carbons (Fsp3) is 0.333. The Kier molecular flexibility index (Phi) is 7.21. The lowest BCUT2D eigenvalue weighted by Crippen LogP contribution is -2.26. The number of hydrogen-bond acceptors (Lipinski definition) is 3. The molecule has 0 saturated heterocycles. The topological polar surface area (TPSA) is 75.6 Å². The molecule has 1 amide bonds. The normalized spacial score (nSPS) is 11.6. The van der Waals surface area contributed by atoms with E-state index in [2.05, 4.69) is 31.3 Å². The lowest BCUT2D eigenvalue weighted by molar-refractivity contribution is -0.139. The lowest BCUT2D eigenvalue weighted by Gasteiger charge is -2.14. The van der Waals surface area contributed by atoms with Gasteiger partial charge < -0.3 is 15.2 Å². The van der Waals surface area contributed by atoms with Gasteiger partial charge in [0, 0.05) is 13.0 Å². The minimum absolute atomic E-state index is 0.0437. The van der Waals surface area contributed by atoms with Crippen molar-refractivity contribution in [2.75, 3.05) is 13.2 Å². The quantitative estimate of drug-likeness (QED) is 0.724. The zero-order valence-electron chi connectivity index (χ0n) is 15.2. The third-order valence-electron chi connectivity index (χ3n) is 4.23. The first-order valence-electron chi connectivity index (χ1n) is 8.71. The molecule has 0 bridgehead atoms. The second-order valence-corrected chi connectivity index (χ2v) is 6.39. The Morgan fingerprint density at radius 2 is 1.81 bits per heavy atom. The number of amides is 1. The molecule has 0 aliphatic heterocycles. The maximum absolute atomic E-state index is 12.1. The van der Waals surface area contributed by atoms with Crippen LogP contribution in [0.15, 0.2) is 48.5 Å². The molecule has 0 radical (unpaired) electrons. The molecule has 0 spiro atoms. The van der Waals surface area contributed by atoms with E-state index < -0.39 is 5.97 Å². The van der Waals surface area contributed by atoms with Gasteiger partial charge in [-0.2, -0.15) is 0 Å². The van der Waals surface area contributed by atoms with Crippen molar-refractivity contribution in [1.82, 2.24) is 5.32 Å². The summed E-state index contributed by atoms with van der Waals surface area (Å²) in [6.45, 7) is 4.34. The largest absolute Gasteiger partial charge is 0.482 e. The van der Waals surface area contributed by atoms with Crippen molar-refractivity contribution < 1.29 is 19.4 Å². The van der Waals surface area contributed by atoms with Crippen LogP contribution in [0.2, 0.25) is 0 Å². The molecule has 0 aliphatic carbocycles. The van der Waals surface area contributed by atoms with Crippen LogP contribution in [0.5, 0.6) is 5.75 Å². The number of hydrogen-bond donors (Lipinski definition) is 2. The molecule has 5 heteroatoms. The number of aliphatic carboxylic acids is 1. The van der Waals surface area contributed by atoms with Gasteiger partial charge in [-0.1, -0.05) is 43.3 Å². The van der Waals surface area contributed by atoms with Gasteiger partial charge in [0.25, 0.3) is 0 Å². The van der Waals surface area contributed by atoms with Gasteiger partial charge in [0.05, 0.1) is 0 Å². The highest BCUT2D eigenvalue weighted by Crippen LogP contribution is 2.22. The maximum Gasteiger partial charge on any atom is 0.341 e. The average molecular weight is 355 g/mol. The summed E-state index contributed by atoms with van der Waals surface area (Å²) in [6, 6.07) is 15.4. The summed E-state index contributed by atoms with van der Waals surface area (Å²) in [7, 11) is 0. The maximum atomic E-state index is 12.1. The van der Waals surface area contributed by atoms with Gasteiger partial charge >= 0.3 is 5.97 Å². The van der Waals surface area contributed by atoms with E-state index in [9.17, 15) is 9.59 Å². The summed E-state index contributed by atoms with van der Waals surface area (Å²) in [4.78, 5) is 22.6. The van der Waals surface area contributed by atoms with Crippen molar-refractivity contribution in [3.05, 3.63) is 65.2 Å². The highest BCUT2D eigenvalue weighted by atomic mass is 16.5. The number of carbonyl (C=O) groups excluding carboxylic acids is 1. The van der Waals surface area contributed by atoms with E-state index in [1.807, 2.05) is 24.3 Å². The molecule has 2 aromatic carbocycles. The minimum atomic E-state index is -1.00. The van der Waals surface area contributed by atoms with Crippen LogP contribution in [0, 0.1) is 6.92 Å². The van der Waals surface area contributed by atoms with E-state index in [-0.39, 0.29) is 18.4 Å². The SMILES string of the molecule is Cc1ccccc1C(C)CC(=O)NCCc1ccc(OCC(=O)O)cc1. The van der Waals surface area contributed by atoms with Gasteiger partial charge in [-0.3, -0.25) is 4.79 Å². The molecule has 1 atom stereocenters. The fourth-order valence-corrected chi connectivity index (χ4v) is 2.84. The van der Waals surface area contributed by atoms with Crippen LogP contribution in [-0.4, -0.2) is 30.1 Å². The van der Waals surface area contributed by atoms with Gasteiger partial charge in [0.15, 0.2) is 6.61 Å². The van der Waals surface area contributed by atoms with Crippen LogP contribution in [0.4, 0.5) is 0 Å². The van der Waals surface area contributed by atoms with Gasteiger partial charge in [0.2, 0.25) is 5.91 Å². The summed E-state index contributed by atoms with van der Waals surface area (Å²) in [6.07, 6.45) is 1.18. The van der Waals surface area contributed by atoms with Crippen molar-refractivity contribution in [2.45, 2.75) is 32.6 Å². The molecule has 0 aromatic heterocycles. The van der Waals surface area contributed by atoms with Crippen molar-refractivity contribution in [2.24, 2.45) is 0 Å². The van der Waals surface area contributed by atoms with Crippen LogP contribution in [0.3, 0.4) is 0 Å². The Balaban J connectivity index is 1.74. The highest BCUT2D eigenvalue weighted by molar-refractivity contribution is 5.76. The van der Waals surface area contributed by atoms with E-state index in [4.69, 9.17) is 9.84 Å². The summed E-state index contributed by atoms with van der Waals surface area (Å²) in [5.41, 5.74) is 3.47.